The van der Waals surface area contributed by atoms with Gasteiger partial charge in [0.15, 0.2) is 5.78 Å². The van der Waals surface area contributed by atoms with Crippen molar-refractivity contribution in [1.82, 2.24) is 4.48 Å². The Morgan fingerprint density at radius 2 is 1.29 bits per heavy atom. The molecule has 0 spiro atoms. The van der Waals surface area contributed by atoms with Crippen LogP contribution in [0, 0.1) is 0 Å². The first kappa shape index (κ1) is 35.3. The Labute approximate surface area is 248 Å². The van der Waals surface area contributed by atoms with Gasteiger partial charge >= 0.3 is 5.97 Å². The number of esters is 1. The summed E-state index contributed by atoms with van der Waals surface area (Å²) >= 11 is 0. The van der Waals surface area contributed by atoms with Gasteiger partial charge in [0.1, 0.15) is 11.4 Å². The molecule has 41 heavy (non-hydrogen) atoms. The molecule has 0 unspecified atom stereocenters. The maximum atomic E-state index is 12.3. The van der Waals surface area contributed by atoms with Crippen molar-refractivity contribution in [3.8, 4) is 5.75 Å². The lowest BCUT2D eigenvalue weighted by molar-refractivity contribution is -0.142. The molecule has 0 bridgehead atoms. The number of benzene rings is 3. The second-order valence-corrected chi connectivity index (χ2v) is 10.6. The largest absolute Gasteiger partial charge is 0.493 e. The van der Waals surface area contributed by atoms with Crippen molar-refractivity contribution in [2.45, 2.75) is 59.8 Å². The number of para-hydroxylation sites is 1. The number of hydrogen-bond acceptors (Lipinski definition) is 4. The predicted molar refractivity (Wildman–Crippen MR) is 174 cm³/mol. The summed E-state index contributed by atoms with van der Waals surface area (Å²) in [5, 5.41) is 0. The van der Waals surface area contributed by atoms with Crippen LogP contribution in [0.3, 0.4) is 0 Å². The van der Waals surface area contributed by atoms with Crippen LogP contribution in [0.5, 0.6) is 5.75 Å². The van der Waals surface area contributed by atoms with E-state index in [4.69, 9.17) is 9.47 Å². The fourth-order valence-corrected chi connectivity index (χ4v) is 4.17. The van der Waals surface area contributed by atoms with Crippen molar-refractivity contribution in [2.24, 2.45) is 0 Å². The zero-order valence-corrected chi connectivity index (χ0v) is 23.6. The van der Waals surface area contributed by atoms with Gasteiger partial charge in [0.25, 0.3) is 0 Å². The first-order valence-electron chi connectivity index (χ1n) is 13.9. The van der Waals surface area contributed by atoms with Gasteiger partial charge in [-0.3, -0.25) is 14.1 Å². The Morgan fingerprint density at radius 3 is 1.95 bits per heavy atom. The van der Waals surface area contributed by atoms with Gasteiger partial charge in [-0.2, -0.15) is 0 Å². The normalized spacial score (nSPS) is 10.9. The van der Waals surface area contributed by atoms with E-state index in [9.17, 15) is 9.59 Å². The summed E-state index contributed by atoms with van der Waals surface area (Å²) in [5.74, 6) is 0.607. The van der Waals surface area contributed by atoms with E-state index in [1.165, 1.54) is 5.69 Å². The van der Waals surface area contributed by atoms with E-state index in [0.29, 0.717) is 25.2 Å². The van der Waals surface area contributed by atoms with Gasteiger partial charge in [0.05, 0.1) is 40.8 Å². The topological polar surface area (TPSA) is 52.6 Å². The molecule has 0 radical (unpaired) electrons. The van der Waals surface area contributed by atoms with Crippen molar-refractivity contribution in [3.05, 3.63) is 102 Å². The molecular formula is C36H50NO4+. The summed E-state index contributed by atoms with van der Waals surface area (Å²) in [6, 6.07) is 25.2. The van der Waals surface area contributed by atoms with E-state index >= 15 is 0 Å². The monoisotopic (exact) mass is 560 g/mol. The predicted octanol–water partition coefficient (Wildman–Crippen LogP) is 8.56. The molecule has 0 heterocycles. The number of allylic oxidation sites excluding steroid dienone is 1. The van der Waals surface area contributed by atoms with Gasteiger partial charge in [-0.15, -0.1) is 0 Å². The van der Waals surface area contributed by atoms with Crippen LogP contribution < -0.4 is 9.22 Å². The second kappa shape index (κ2) is 18.6. The number of ether oxygens (including phenoxy) is 2. The average Bonchev–Trinajstić information content (AvgIpc) is 2.93. The van der Waals surface area contributed by atoms with E-state index in [1.807, 2.05) is 72.8 Å². The molecule has 3 aromatic rings. The number of nitrogens with zero attached hydrogens (tertiary/aromatic N) is 1. The van der Waals surface area contributed by atoms with Crippen LogP contribution in [0.1, 0.15) is 74.9 Å². The Bertz CT molecular complexity index is 1190. The van der Waals surface area contributed by atoms with Gasteiger partial charge in [0, 0.05) is 11.1 Å². The van der Waals surface area contributed by atoms with E-state index in [-0.39, 0.29) is 26.6 Å². The third-order valence-corrected chi connectivity index (χ3v) is 6.51. The molecule has 0 saturated carbocycles. The van der Waals surface area contributed by atoms with Crippen molar-refractivity contribution in [1.29, 1.82) is 0 Å². The summed E-state index contributed by atoms with van der Waals surface area (Å²) in [7, 11) is 6.36. The molecule has 5 nitrogen and oxygen atoms in total. The molecule has 0 aliphatic heterocycles. The molecule has 0 fully saturated rings. The van der Waals surface area contributed by atoms with Crippen LogP contribution in [-0.2, 0) is 16.0 Å². The molecule has 222 valence electrons. The van der Waals surface area contributed by atoms with Crippen LogP contribution in [0.15, 0.2) is 84.9 Å². The zero-order chi connectivity index (χ0) is 27.9. The van der Waals surface area contributed by atoms with Gasteiger partial charge in [-0.25, -0.2) is 0 Å². The third kappa shape index (κ3) is 13.0. The van der Waals surface area contributed by atoms with Crippen LogP contribution in [0.25, 0.3) is 6.08 Å². The molecule has 0 aromatic heterocycles. The highest BCUT2D eigenvalue weighted by Crippen LogP contribution is 2.21. The molecule has 0 amide bonds. The highest BCUT2D eigenvalue weighted by molar-refractivity contribution is 6.06. The molecule has 3 rings (SSSR count). The van der Waals surface area contributed by atoms with E-state index in [2.05, 4.69) is 33.3 Å². The fraction of sp³-hybridized carbons (Fsp3) is 0.389. The van der Waals surface area contributed by atoms with Crippen LogP contribution >= 0.6 is 0 Å². The quantitative estimate of drug-likeness (QED) is 0.0579. The maximum Gasteiger partial charge on any atom is 0.310 e. The summed E-state index contributed by atoms with van der Waals surface area (Å²) in [5.41, 5.74) is 3.76. The molecule has 0 atom stereocenters. The standard InChI is InChI=1S/C34H42NO4.2CH4/c1-35(2,3)31-22-19-28(20-23-31)27-34(37)39-26-14-7-5-4-6-13-25-38-33-18-12-11-17-30(33)21-24-32(36)29-15-9-8-10-16-29;;/h8-12,15-24H,4-7,13-14,25-27H2,1-3H3;2*1H4/q+1;;. The van der Waals surface area contributed by atoms with Crippen molar-refractivity contribution < 1.29 is 19.1 Å². The number of unbranched alkanes of at least 4 members (excludes halogenated alkanes) is 5. The Balaban J connectivity index is 0.00000420. The second-order valence-electron chi connectivity index (χ2n) is 10.6. The smallest absolute Gasteiger partial charge is 0.310 e. The number of hydrogen-bond donors (Lipinski definition) is 0. The highest BCUT2D eigenvalue weighted by Gasteiger charge is 2.12. The minimum Gasteiger partial charge on any atom is -0.493 e. The first-order chi connectivity index (χ1) is 18.8. The van der Waals surface area contributed by atoms with Crippen LogP contribution in [0.2, 0.25) is 0 Å². The lowest BCUT2D eigenvalue weighted by Crippen LogP contribution is -2.34. The van der Waals surface area contributed by atoms with E-state index in [0.717, 1.165) is 59.9 Å². The van der Waals surface area contributed by atoms with E-state index in [1.54, 1.807) is 6.08 Å². The molecule has 0 saturated heterocycles. The number of carbonyl (C=O) groups excluding carboxylic acids is 2. The Kier molecular flexibility index (Phi) is 16.0. The number of ketones is 1. The Hall–Kier alpha value is -3.70. The van der Waals surface area contributed by atoms with Crippen molar-refractivity contribution in [2.75, 3.05) is 34.4 Å². The summed E-state index contributed by atoms with van der Waals surface area (Å²) < 4.78 is 12.2. The highest BCUT2D eigenvalue weighted by atomic mass is 16.5. The fourth-order valence-electron chi connectivity index (χ4n) is 4.17. The van der Waals surface area contributed by atoms with Crippen LogP contribution in [-0.4, -0.2) is 46.1 Å². The minimum atomic E-state index is -0.162. The summed E-state index contributed by atoms with van der Waals surface area (Å²) in [6.07, 6.45) is 9.99. The lowest BCUT2D eigenvalue weighted by Gasteiger charge is -2.23. The molecule has 0 aliphatic carbocycles. The zero-order valence-electron chi connectivity index (χ0n) is 23.6. The number of rotatable bonds is 16. The van der Waals surface area contributed by atoms with Gasteiger partial charge in [0.2, 0.25) is 0 Å². The summed E-state index contributed by atoms with van der Waals surface area (Å²) in [4.78, 5) is 24.5. The number of carbonyl (C=O) groups is 2. The van der Waals surface area contributed by atoms with Gasteiger partial charge < -0.3 is 9.47 Å². The summed E-state index contributed by atoms with van der Waals surface area (Å²) in [6.45, 7) is 1.13. The third-order valence-electron chi connectivity index (χ3n) is 6.51. The Morgan fingerprint density at radius 1 is 0.707 bits per heavy atom. The molecule has 3 aromatic carbocycles. The molecular weight excluding hydrogens is 510 g/mol. The maximum absolute atomic E-state index is 12.3. The molecule has 5 heteroatoms. The lowest BCUT2D eigenvalue weighted by atomic mass is 10.1. The minimum absolute atomic E-state index is 0. The van der Waals surface area contributed by atoms with Crippen LogP contribution in [0.4, 0.5) is 5.69 Å². The van der Waals surface area contributed by atoms with Gasteiger partial charge in [-0.05, 0) is 48.8 Å². The SMILES string of the molecule is C.C.C[N+](C)(C)c1ccc(CC(=O)OCCCCCCCCOc2ccccc2C=CC(=O)c2ccccc2)cc1. The number of quaternary nitrogens is 1. The van der Waals surface area contributed by atoms with Crippen molar-refractivity contribution >= 4 is 23.5 Å². The molecule has 0 aliphatic rings. The molecule has 0 N–H and O–H groups in total. The van der Waals surface area contributed by atoms with Gasteiger partial charge in [-0.1, -0.05) is 101 Å². The van der Waals surface area contributed by atoms with E-state index < -0.39 is 0 Å². The average molecular weight is 561 g/mol. The first-order valence-corrected chi connectivity index (χ1v) is 13.9. The van der Waals surface area contributed by atoms with Crippen molar-refractivity contribution in [3.63, 3.8) is 0 Å².